The van der Waals surface area contributed by atoms with Gasteiger partial charge < -0.3 is 19.6 Å². The lowest BCUT2D eigenvalue weighted by atomic mass is 10.4. The van der Waals surface area contributed by atoms with Gasteiger partial charge in [0.15, 0.2) is 5.96 Å². The Balaban J connectivity index is 0.00000324. The van der Waals surface area contributed by atoms with E-state index in [1.54, 1.807) is 0 Å². The SMILES string of the molecule is CN1CCCN(CCN=C(N(C)C)N(C)C)CC1.I. The average molecular weight is 383 g/mol. The minimum Gasteiger partial charge on any atom is -0.349 e. The van der Waals surface area contributed by atoms with Gasteiger partial charge in [-0.1, -0.05) is 0 Å². The molecule has 1 rings (SSSR count). The van der Waals surface area contributed by atoms with E-state index < -0.39 is 0 Å². The van der Waals surface area contributed by atoms with Crippen molar-refractivity contribution in [2.45, 2.75) is 6.42 Å². The standard InChI is InChI=1S/C13H29N5.HI/c1-15(2)13(16(3)4)14-7-10-18-9-6-8-17(5)11-12-18;/h6-12H2,1-5H3;1H. The first-order valence-electron chi connectivity index (χ1n) is 6.80. The van der Waals surface area contributed by atoms with E-state index in [4.69, 9.17) is 0 Å². The van der Waals surface area contributed by atoms with Gasteiger partial charge in [0.25, 0.3) is 0 Å². The van der Waals surface area contributed by atoms with Gasteiger partial charge in [-0.15, -0.1) is 24.0 Å². The van der Waals surface area contributed by atoms with Crippen LogP contribution in [0.4, 0.5) is 0 Å². The van der Waals surface area contributed by atoms with E-state index in [1.807, 2.05) is 28.2 Å². The van der Waals surface area contributed by atoms with Gasteiger partial charge in [-0.2, -0.15) is 0 Å². The van der Waals surface area contributed by atoms with E-state index in [-0.39, 0.29) is 24.0 Å². The second-order valence-electron chi connectivity index (χ2n) is 5.47. The summed E-state index contributed by atoms with van der Waals surface area (Å²) in [6.07, 6.45) is 1.27. The van der Waals surface area contributed by atoms with E-state index in [0.29, 0.717) is 0 Å². The summed E-state index contributed by atoms with van der Waals surface area (Å²) in [7, 11) is 10.4. The third kappa shape index (κ3) is 7.31. The highest BCUT2D eigenvalue weighted by Crippen LogP contribution is 2.00. The molecule has 0 radical (unpaired) electrons. The summed E-state index contributed by atoms with van der Waals surface area (Å²) in [5, 5.41) is 0. The number of hydrogen-bond acceptors (Lipinski definition) is 3. The van der Waals surface area contributed by atoms with Crippen LogP contribution in [0.5, 0.6) is 0 Å². The summed E-state index contributed by atoms with van der Waals surface area (Å²) in [6.45, 7) is 6.73. The Labute approximate surface area is 135 Å². The second kappa shape index (κ2) is 9.77. The maximum Gasteiger partial charge on any atom is 0.195 e. The molecular formula is C13H30IN5. The molecule has 0 aliphatic carbocycles. The largest absolute Gasteiger partial charge is 0.349 e. The van der Waals surface area contributed by atoms with Crippen LogP contribution in [-0.4, -0.2) is 100 Å². The summed E-state index contributed by atoms with van der Waals surface area (Å²) in [4.78, 5) is 13.7. The molecule has 1 aliphatic rings. The van der Waals surface area contributed by atoms with Crippen molar-refractivity contribution in [2.24, 2.45) is 4.99 Å². The molecule has 0 N–H and O–H groups in total. The molecule has 114 valence electrons. The van der Waals surface area contributed by atoms with Crippen molar-refractivity contribution in [1.82, 2.24) is 19.6 Å². The number of guanidine groups is 1. The van der Waals surface area contributed by atoms with E-state index in [2.05, 4.69) is 31.6 Å². The fourth-order valence-electron chi connectivity index (χ4n) is 2.30. The van der Waals surface area contributed by atoms with Crippen LogP contribution in [0.1, 0.15) is 6.42 Å². The van der Waals surface area contributed by atoms with Gasteiger partial charge in [0.2, 0.25) is 0 Å². The van der Waals surface area contributed by atoms with E-state index in [0.717, 1.165) is 19.0 Å². The molecule has 1 saturated heterocycles. The topological polar surface area (TPSA) is 25.3 Å². The van der Waals surface area contributed by atoms with Crippen molar-refractivity contribution >= 4 is 29.9 Å². The highest BCUT2D eigenvalue weighted by molar-refractivity contribution is 14.0. The van der Waals surface area contributed by atoms with Crippen LogP contribution in [0.3, 0.4) is 0 Å². The first kappa shape index (κ1) is 18.9. The lowest BCUT2D eigenvalue weighted by molar-refractivity contribution is 0.282. The van der Waals surface area contributed by atoms with Gasteiger partial charge in [-0.3, -0.25) is 4.99 Å². The Morgan fingerprint density at radius 1 is 1.00 bits per heavy atom. The number of rotatable bonds is 3. The van der Waals surface area contributed by atoms with Crippen molar-refractivity contribution in [2.75, 3.05) is 74.5 Å². The van der Waals surface area contributed by atoms with Crippen LogP contribution >= 0.6 is 24.0 Å². The molecule has 1 heterocycles. The van der Waals surface area contributed by atoms with Crippen molar-refractivity contribution in [3.8, 4) is 0 Å². The van der Waals surface area contributed by atoms with E-state index in [9.17, 15) is 0 Å². The predicted octanol–water partition coefficient (Wildman–Crippen LogP) is 0.721. The molecule has 0 spiro atoms. The Morgan fingerprint density at radius 3 is 2.21 bits per heavy atom. The number of aliphatic imine (C=N–C) groups is 1. The number of halogens is 1. The number of nitrogens with zero attached hydrogens (tertiary/aromatic N) is 5. The minimum absolute atomic E-state index is 0. The maximum atomic E-state index is 4.68. The molecular weight excluding hydrogens is 353 g/mol. The maximum absolute atomic E-state index is 4.68. The van der Waals surface area contributed by atoms with Crippen molar-refractivity contribution in [1.29, 1.82) is 0 Å². The fraction of sp³-hybridized carbons (Fsp3) is 0.923. The predicted molar refractivity (Wildman–Crippen MR) is 93.6 cm³/mol. The Morgan fingerprint density at radius 2 is 1.63 bits per heavy atom. The van der Waals surface area contributed by atoms with E-state index >= 15 is 0 Å². The molecule has 0 atom stereocenters. The van der Waals surface area contributed by atoms with E-state index in [1.165, 1.54) is 32.6 Å². The molecule has 1 fully saturated rings. The fourth-order valence-corrected chi connectivity index (χ4v) is 2.30. The summed E-state index contributed by atoms with van der Waals surface area (Å²) in [5.74, 6) is 1.04. The Hall–Kier alpha value is -0.0800. The summed E-state index contributed by atoms with van der Waals surface area (Å²) in [6, 6.07) is 0. The smallest absolute Gasteiger partial charge is 0.195 e. The molecule has 0 saturated carbocycles. The Kier molecular flexibility index (Phi) is 9.72. The van der Waals surface area contributed by atoms with Crippen LogP contribution in [-0.2, 0) is 0 Å². The van der Waals surface area contributed by atoms with Gasteiger partial charge >= 0.3 is 0 Å². The lowest BCUT2D eigenvalue weighted by Crippen LogP contribution is -2.36. The van der Waals surface area contributed by atoms with Crippen molar-refractivity contribution in [3.05, 3.63) is 0 Å². The van der Waals surface area contributed by atoms with Gasteiger partial charge in [-0.05, 0) is 26.6 Å². The number of hydrogen-bond donors (Lipinski definition) is 0. The van der Waals surface area contributed by atoms with Crippen molar-refractivity contribution < 1.29 is 0 Å². The zero-order valence-electron chi connectivity index (χ0n) is 13.1. The molecule has 6 heteroatoms. The zero-order chi connectivity index (χ0) is 13.5. The molecule has 19 heavy (non-hydrogen) atoms. The lowest BCUT2D eigenvalue weighted by Gasteiger charge is -2.24. The molecule has 0 amide bonds. The average Bonchev–Trinajstić information content (AvgIpc) is 2.48. The molecule has 1 aliphatic heterocycles. The van der Waals surface area contributed by atoms with Crippen LogP contribution in [0.2, 0.25) is 0 Å². The van der Waals surface area contributed by atoms with Crippen LogP contribution in [0, 0.1) is 0 Å². The number of likely N-dealkylation sites (N-methyl/N-ethyl adjacent to an activating group) is 1. The summed E-state index contributed by atoms with van der Waals surface area (Å²) in [5.41, 5.74) is 0. The van der Waals surface area contributed by atoms with Gasteiger partial charge in [-0.25, -0.2) is 0 Å². The third-order valence-corrected chi connectivity index (χ3v) is 3.28. The minimum atomic E-state index is 0. The zero-order valence-corrected chi connectivity index (χ0v) is 15.4. The molecule has 0 bridgehead atoms. The summed E-state index contributed by atoms with van der Waals surface area (Å²) >= 11 is 0. The molecule has 0 aromatic rings. The van der Waals surface area contributed by atoms with Crippen LogP contribution in [0.15, 0.2) is 4.99 Å². The van der Waals surface area contributed by atoms with Crippen LogP contribution in [0.25, 0.3) is 0 Å². The van der Waals surface area contributed by atoms with Gasteiger partial charge in [0.1, 0.15) is 0 Å². The van der Waals surface area contributed by atoms with Gasteiger partial charge in [0.05, 0.1) is 6.54 Å². The summed E-state index contributed by atoms with van der Waals surface area (Å²) < 4.78 is 0. The third-order valence-electron chi connectivity index (χ3n) is 3.28. The quantitative estimate of drug-likeness (QED) is 0.408. The second-order valence-corrected chi connectivity index (χ2v) is 5.47. The van der Waals surface area contributed by atoms with Gasteiger partial charge in [0, 0.05) is 47.8 Å². The molecule has 0 unspecified atom stereocenters. The van der Waals surface area contributed by atoms with Crippen LogP contribution < -0.4 is 0 Å². The highest BCUT2D eigenvalue weighted by atomic mass is 127. The first-order valence-corrected chi connectivity index (χ1v) is 6.80. The normalized spacial score (nSPS) is 17.3. The highest BCUT2D eigenvalue weighted by Gasteiger charge is 2.11. The molecule has 5 nitrogen and oxygen atoms in total. The van der Waals surface area contributed by atoms with Crippen molar-refractivity contribution in [3.63, 3.8) is 0 Å². The molecule has 0 aromatic heterocycles. The Bertz CT molecular complexity index is 258. The molecule has 0 aromatic carbocycles. The first-order chi connectivity index (χ1) is 8.50. The monoisotopic (exact) mass is 383 g/mol.